The Morgan fingerprint density at radius 3 is 2.62 bits per heavy atom. The number of terminal acetylenes is 1. The van der Waals surface area contributed by atoms with Gasteiger partial charge in [0.2, 0.25) is 0 Å². The minimum absolute atomic E-state index is 0.00682. The van der Waals surface area contributed by atoms with Gasteiger partial charge >= 0.3 is 6.09 Å². The van der Waals surface area contributed by atoms with E-state index in [0.717, 1.165) is 31.2 Å². The molecular weight excluding hydrogens is 266 g/mol. The maximum atomic E-state index is 11.5. The van der Waals surface area contributed by atoms with E-state index in [4.69, 9.17) is 11.2 Å². The number of nitrogens with one attached hydrogen (secondary N) is 1. The lowest BCUT2D eigenvalue weighted by Crippen LogP contribution is -2.29. The van der Waals surface area contributed by atoms with Crippen molar-refractivity contribution in [2.24, 2.45) is 0 Å². The Morgan fingerprint density at radius 2 is 1.90 bits per heavy atom. The van der Waals surface area contributed by atoms with Crippen LogP contribution in [0.25, 0.3) is 0 Å². The van der Waals surface area contributed by atoms with Crippen molar-refractivity contribution in [3.8, 4) is 12.3 Å². The zero-order valence-electron chi connectivity index (χ0n) is 12.1. The summed E-state index contributed by atoms with van der Waals surface area (Å²) < 4.78 is 5.01. The fraction of sp³-hybridized carbons (Fsp3) is 0.412. The fourth-order valence-corrected chi connectivity index (χ4v) is 1.76. The summed E-state index contributed by atoms with van der Waals surface area (Å²) in [5, 5.41) is 2.46. The number of hydrogen-bond donors (Lipinski definition) is 1. The summed E-state index contributed by atoms with van der Waals surface area (Å²) in [4.78, 5) is 23.0. The minimum atomic E-state index is -0.570. The van der Waals surface area contributed by atoms with Crippen LogP contribution in [0.4, 0.5) is 4.79 Å². The molecule has 21 heavy (non-hydrogen) atoms. The van der Waals surface area contributed by atoms with E-state index in [2.05, 4.69) is 11.2 Å². The van der Waals surface area contributed by atoms with Crippen LogP contribution in [0.15, 0.2) is 30.3 Å². The molecule has 0 spiro atoms. The lowest BCUT2D eigenvalue weighted by atomic mass is 10.1. The topological polar surface area (TPSA) is 55.4 Å². The Balaban J connectivity index is 2.07. The molecule has 1 amide bonds. The van der Waals surface area contributed by atoms with Gasteiger partial charge in [-0.3, -0.25) is 4.79 Å². The maximum absolute atomic E-state index is 11.5. The van der Waals surface area contributed by atoms with E-state index in [0.29, 0.717) is 6.42 Å². The van der Waals surface area contributed by atoms with Gasteiger partial charge in [0.05, 0.1) is 6.54 Å². The highest BCUT2D eigenvalue weighted by molar-refractivity contribution is 5.83. The van der Waals surface area contributed by atoms with Gasteiger partial charge in [0.1, 0.15) is 6.61 Å². The number of carbonyl (C=O) groups excluding carboxylic acids is 2. The molecule has 1 rings (SSSR count). The van der Waals surface area contributed by atoms with Crippen LogP contribution >= 0.6 is 0 Å². The smallest absolute Gasteiger partial charge is 0.407 e. The van der Waals surface area contributed by atoms with Crippen molar-refractivity contribution in [2.45, 2.75) is 38.7 Å². The highest BCUT2D eigenvalue weighted by atomic mass is 16.5. The molecule has 1 aromatic carbocycles. The van der Waals surface area contributed by atoms with Crippen LogP contribution in [0.3, 0.4) is 0 Å². The molecule has 0 fully saturated rings. The van der Waals surface area contributed by atoms with Gasteiger partial charge in [-0.2, -0.15) is 0 Å². The Labute approximate surface area is 125 Å². The number of rotatable bonds is 9. The summed E-state index contributed by atoms with van der Waals surface area (Å²) in [6.07, 6.45) is 8.47. The van der Waals surface area contributed by atoms with Gasteiger partial charge in [0.15, 0.2) is 5.78 Å². The number of carbonyl (C=O) groups is 2. The van der Waals surface area contributed by atoms with Gasteiger partial charge < -0.3 is 10.1 Å². The van der Waals surface area contributed by atoms with Gasteiger partial charge in [-0.25, -0.2) is 4.79 Å². The van der Waals surface area contributed by atoms with Crippen molar-refractivity contribution in [2.75, 3.05) is 6.54 Å². The summed E-state index contributed by atoms with van der Waals surface area (Å²) in [7, 11) is 0. The van der Waals surface area contributed by atoms with Gasteiger partial charge in [-0.15, -0.1) is 12.3 Å². The lowest BCUT2D eigenvalue weighted by Gasteiger charge is -2.06. The van der Waals surface area contributed by atoms with Gasteiger partial charge in [-0.1, -0.05) is 36.8 Å². The lowest BCUT2D eigenvalue weighted by molar-refractivity contribution is -0.118. The van der Waals surface area contributed by atoms with E-state index in [1.807, 2.05) is 30.3 Å². The first-order chi connectivity index (χ1) is 10.2. The number of benzene rings is 1. The second-order valence-electron chi connectivity index (χ2n) is 4.72. The molecule has 0 heterocycles. The molecule has 0 unspecified atom stereocenters. The maximum Gasteiger partial charge on any atom is 0.407 e. The largest absolute Gasteiger partial charge is 0.445 e. The number of alkyl carbamates (subject to hydrolysis) is 1. The molecule has 4 heteroatoms. The Morgan fingerprint density at radius 1 is 1.14 bits per heavy atom. The highest BCUT2D eigenvalue weighted by Gasteiger charge is 2.06. The van der Waals surface area contributed by atoms with Crippen LogP contribution < -0.4 is 5.32 Å². The molecule has 0 aliphatic carbocycles. The third-order valence-electron chi connectivity index (χ3n) is 2.92. The number of ketones is 1. The van der Waals surface area contributed by atoms with E-state index >= 15 is 0 Å². The summed E-state index contributed by atoms with van der Waals surface area (Å²) >= 11 is 0. The molecule has 0 aliphatic rings. The second kappa shape index (κ2) is 10.5. The average Bonchev–Trinajstić information content (AvgIpc) is 2.51. The van der Waals surface area contributed by atoms with E-state index in [9.17, 15) is 9.59 Å². The molecule has 4 nitrogen and oxygen atoms in total. The van der Waals surface area contributed by atoms with Crippen molar-refractivity contribution >= 4 is 11.9 Å². The van der Waals surface area contributed by atoms with Crippen LogP contribution in [0.2, 0.25) is 0 Å². The first kappa shape index (κ1) is 16.8. The molecule has 0 atom stereocenters. The van der Waals surface area contributed by atoms with Crippen LogP contribution in [0.5, 0.6) is 0 Å². The average molecular weight is 287 g/mol. The van der Waals surface area contributed by atoms with Gasteiger partial charge in [0, 0.05) is 12.8 Å². The van der Waals surface area contributed by atoms with Crippen molar-refractivity contribution in [3.05, 3.63) is 35.9 Å². The molecule has 0 aromatic heterocycles. The summed E-state index contributed by atoms with van der Waals surface area (Å²) in [6.45, 7) is 0.218. The predicted octanol–water partition coefficient (Wildman–Crippen LogP) is 3.07. The molecule has 0 saturated carbocycles. The van der Waals surface area contributed by atoms with Crippen molar-refractivity contribution in [1.82, 2.24) is 5.32 Å². The zero-order chi connectivity index (χ0) is 15.3. The summed E-state index contributed by atoms with van der Waals surface area (Å²) in [5.41, 5.74) is 0.910. The van der Waals surface area contributed by atoms with Gasteiger partial charge in [0.25, 0.3) is 0 Å². The number of ether oxygens (including phenoxy) is 1. The normalized spacial score (nSPS) is 9.67. The molecule has 0 bridgehead atoms. The Kier molecular flexibility index (Phi) is 8.39. The molecule has 112 valence electrons. The number of unbranched alkanes of at least 4 members (excludes halogenated alkanes) is 3. The molecule has 0 saturated heterocycles. The number of Topliss-reactive ketones (excluding diaryl/α,β-unsaturated/α-hetero) is 1. The molecule has 1 N–H and O–H groups in total. The van der Waals surface area contributed by atoms with E-state index in [1.54, 1.807) is 0 Å². The second-order valence-corrected chi connectivity index (χ2v) is 4.72. The van der Waals surface area contributed by atoms with E-state index in [1.165, 1.54) is 0 Å². The fourth-order valence-electron chi connectivity index (χ4n) is 1.76. The van der Waals surface area contributed by atoms with Crippen molar-refractivity contribution in [3.63, 3.8) is 0 Å². The number of amides is 1. The van der Waals surface area contributed by atoms with Crippen LogP contribution in [0, 0.1) is 12.3 Å². The van der Waals surface area contributed by atoms with Crippen molar-refractivity contribution in [1.29, 1.82) is 0 Å². The summed E-state index contributed by atoms with van der Waals surface area (Å²) in [6, 6.07) is 9.38. The monoisotopic (exact) mass is 287 g/mol. The predicted molar refractivity (Wildman–Crippen MR) is 81.6 cm³/mol. The SMILES string of the molecule is C#CCCCCCC(=O)CNC(=O)OCc1ccccc1. The van der Waals surface area contributed by atoms with Crippen LogP contribution in [-0.4, -0.2) is 18.4 Å². The Hall–Kier alpha value is -2.28. The molecular formula is C17H21NO3. The van der Waals surface area contributed by atoms with Gasteiger partial charge in [-0.05, 0) is 18.4 Å². The highest BCUT2D eigenvalue weighted by Crippen LogP contribution is 2.03. The molecule has 0 aliphatic heterocycles. The minimum Gasteiger partial charge on any atom is -0.445 e. The third-order valence-corrected chi connectivity index (χ3v) is 2.92. The first-order valence-corrected chi connectivity index (χ1v) is 7.12. The third kappa shape index (κ3) is 8.48. The molecule has 0 radical (unpaired) electrons. The quantitative estimate of drug-likeness (QED) is 0.561. The zero-order valence-corrected chi connectivity index (χ0v) is 12.1. The standard InChI is InChI=1S/C17H21NO3/c1-2-3-4-5-9-12-16(19)13-18-17(20)21-14-15-10-7-6-8-11-15/h1,6-8,10-11H,3-5,9,12-14H2,(H,18,20). The number of hydrogen-bond acceptors (Lipinski definition) is 3. The van der Waals surface area contributed by atoms with E-state index < -0.39 is 6.09 Å². The molecule has 1 aromatic rings. The Bertz CT molecular complexity index is 477. The first-order valence-electron chi connectivity index (χ1n) is 7.12. The summed E-state index contributed by atoms with van der Waals surface area (Å²) in [5.74, 6) is 2.57. The van der Waals surface area contributed by atoms with E-state index in [-0.39, 0.29) is 18.9 Å². The van der Waals surface area contributed by atoms with Crippen molar-refractivity contribution < 1.29 is 14.3 Å². The van der Waals surface area contributed by atoms with Crippen LogP contribution in [-0.2, 0) is 16.1 Å². The van der Waals surface area contributed by atoms with Crippen LogP contribution in [0.1, 0.15) is 37.7 Å².